The molecule has 0 bridgehead atoms. The number of carbonyl (C=O) groups excluding carboxylic acids is 2. The van der Waals surface area contributed by atoms with Gasteiger partial charge in [-0.2, -0.15) is 0 Å². The van der Waals surface area contributed by atoms with Gasteiger partial charge < -0.3 is 24.4 Å². The zero-order valence-electron chi connectivity index (χ0n) is 14.5. The number of carbonyl (C=O) groups is 2. The molecular formula is C17H26N4O3. The van der Waals surface area contributed by atoms with E-state index in [1.54, 1.807) is 11.9 Å². The Kier molecular flexibility index (Phi) is 4.69. The summed E-state index contributed by atoms with van der Waals surface area (Å²) in [5.74, 6) is 0. The van der Waals surface area contributed by atoms with E-state index < -0.39 is 5.60 Å². The van der Waals surface area contributed by atoms with Gasteiger partial charge in [-0.1, -0.05) is 0 Å². The molecular weight excluding hydrogens is 308 g/mol. The Morgan fingerprint density at radius 3 is 2.83 bits per heavy atom. The van der Waals surface area contributed by atoms with Crippen molar-refractivity contribution in [1.29, 1.82) is 0 Å². The molecule has 3 amide bonds. The molecule has 1 aromatic rings. The number of urea groups is 1. The van der Waals surface area contributed by atoms with Gasteiger partial charge in [0.2, 0.25) is 0 Å². The van der Waals surface area contributed by atoms with Crippen LogP contribution in [0.5, 0.6) is 0 Å². The summed E-state index contributed by atoms with van der Waals surface area (Å²) in [6.07, 6.45) is 4.94. The van der Waals surface area contributed by atoms with Gasteiger partial charge in [0.1, 0.15) is 5.60 Å². The minimum absolute atomic E-state index is 0.0288. The Bertz CT molecular complexity index is 615. The number of likely N-dealkylation sites (N-methyl/N-ethyl adjacent to an activating group) is 1. The smallest absolute Gasteiger partial charge is 0.410 e. The van der Waals surface area contributed by atoms with Gasteiger partial charge in [-0.25, -0.2) is 9.59 Å². The first-order chi connectivity index (χ1) is 11.5. The van der Waals surface area contributed by atoms with E-state index in [9.17, 15) is 9.59 Å². The fourth-order valence-electron chi connectivity index (χ4n) is 3.59. The van der Waals surface area contributed by atoms with Crippen molar-refractivity contribution in [2.45, 2.75) is 31.3 Å². The maximum atomic E-state index is 12.4. The zero-order valence-corrected chi connectivity index (χ0v) is 14.5. The summed E-state index contributed by atoms with van der Waals surface area (Å²) in [4.78, 5) is 27.5. The average molecular weight is 334 g/mol. The molecule has 3 rings (SSSR count). The van der Waals surface area contributed by atoms with Gasteiger partial charge in [0, 0.05) is 58.5 Å². The molecule has 1 N–H and O–H groups in total. The van der Waals surface area contributed by atoms with Crippen LogP contribution >= 0.6 is 0 Å². The van der Waals surface area contributed by atoms with Crippen molar-refractivity contribution in [2.24, 2.45) is 7.05 Å². The number of aromatic nitrogens is 1. The van der Waals surface area contributed by atoms with Crippen molar-refractivity contribution in [2.75, 3.05) is 33.2 Å². The molecule has 1 aromatic heterocycles. The molecule has 2 aliphatic rings. The van der Waals surface area contributed by atoms with E-state index in [1.165, 1.54) is 5.69 Å². The molecule has 1 atom stereocenters. The molecule has 24 heavy (non-hydrogen) atoms. The molecule has 1 spiro atoms. The van der Waals surface area contributed by atoms with E-state index in [0.717, 1.165) is 19.3 Å². The van der Waals surface area contributed by atoms with Crippen LogP contribution in [-0.4, -0.2) is 65.3 Å². The van der Waals surface area contributed by atoms with Crippen LogP contribution in [0.4, 0.5) is 9.59 Å². The predicted octanol–water partition coefficient (Wildman–Crippen LogP) is 1.58. The highest BCUT2D eigenvalue weighted by Gasteiger charge is 2.44. The lowest BCUT2D eigenvalue weighted by molar-refractivity contribution is 0.0453. The van der Waals surface area contributed by atoms with Gasteiger partial charge >= 0.3 is 12.1 Å². The normalized spacial score (nSPS) is 24.2. The topological polar surface area (TPSA) is 66.8 Å². The Labute approximate surface area is 142 Å². The third-order valence-electron chi connectivity index (χ3n) is 5.03. The molecule has 0 radical (unpaired) electrons. The van der Waals surface area contributed by atoms with Gasteiger partial charge in [-0.05, 0) is 25.0 Å². The summed E-state index contributed by atoms with van der Waals surface area (Å²) in [5.41, 5.74) is 0.787. The minimum Gasteiger partial charge on any atom is -0.441 e. The van der Waals surface area contributed by atoms with Crippen LogP contribution in [0.25, 0.3) is 0 Å². The highest BCUT2D eigenvalue weighted by atomic mass is 16.6. The maximum absolute atomic E-state index is 12.4. The van der Waals surface area contributed by atoms with Gasteiger partial charge in [0.05, 0.1) is 6.54 Å². The lowest BCUT2D eigenvalue weighted by atomic mass is 9.95. The van der Waals surface area contributed by atoms with Gasteiger partial charge in [-0.3, -0.25) is 0 Å². The van der Waals surface area contributed by atoms with Crippen molar-refractivity contribution in [3.63, 3.8) is 0 Å². The van der Waals surface area contributed by atoms with Crippen LogP contribution in [0.1, 0.15) is 25.0 Å². The van der Waals surface area contributed by atoms with Crippen molar-refractivity contribution < 1.29 is 14.3 Å². The van der Waals surface area contributed by atoms with E-state index >= 15 is 0 Å². The van der Waals surface area contributed by atoms with Crippen LogP contribution in [0.2, 0.25) is 0 Å². The molecule has 7 nitrogen and oxygen atoms in total. The molecule has 0 aromatic carbocycles. The highest BCUT2D eigenvalue weighted by molar-refractivity contribution is 5.74. The van der Waals surface area contributed by atoms with Crippen LogP contribution in [0.15, 0.2) is 18.3 Å². The lowest BCUT2D eigenvalue weighted by Gasteiger charge is -2.25. The monoisotopic (exact) mass is 334 g/mol. The number of hydrogen-bond donors (Lipinski definition) is 1. The number of hydrogen-bond acceptors (Lipinski definition) is 3. The van der Waals surface area contributed by atoms with Crippen molar-refractivity contribution in [3.8, 4) is 0 Å². The molecule has 2 saturated heterocycles. The number of ether oxygens (including phenoxy) is 1. The quantitative estimate of drug-likeness (QED) is 0.913. The number of aryl methyl sites for hydroxylation is 1. The van der Waals surface area contributed by atoms with Gasteiger partial charge in [0.25, 0.3) is 0 Å². The standard InChI is InChI=1S/C17H26N4O3/c1-19-10-3-5-14(19)6-9-18-15(22)21-11-4-7-17(8-12-21)13-20(2)16(23)24-17/h3,5,10H,4,6-9,11-13H2,1-2H3,(H,18,22)/t17-/m0/s1. The van der Waals surface area contributed by atoms with Crippen molar-refractivity contribution >= 4 is 12.1 Å². The number of nitrogens with one attached hydrogen (secondary N) is 1. The average Bonchev–Trinajstić information content (AvgIpc) is 2.98. The second kappa shape index (κ2) is 6.75. The molecule has 0 unspecified atom stereocenters. The Morgan fingerprint density at radius 1 is 1.33 bits per heavy atom. The summed E-state index contributed by atoms with van der Waals surface area (Å²) in [5, 5.41) is 3.00. The molecule has 7 heteroatoms. The molecule has 0 saturated carbocycles. The highest BCUT2D eigenvalue weighted by Crippen LogP contribution is 2.32. The molecule has 2 aliphatic heterocycles. The Balaban J connectivity index is 1.48. The Morgan fingerprint density at radius 2 is 2.17 bits per heavy atom. The third-order valence-corrected chi connectivity index (χ3v) is 5.03. The summed E-state index contributed by atoms with van der Waals surface area (Å²) in [7, 11) is 3.77. The van der Waals surface area contributed by atoms with Crippen LogP contribution in [0, 0.1) is 0 Å². The molecule has 132 valence electrons. The first-order valence-electron chi connectivity index (χ1n) is 8.56. The van der Waals surface area contributed by atoms with Crippen LogP contribution in [0.3, 0.4) is 0 Å². The van der Waals surface area contributed by atoms with Crippen molar-refractivity contribution in [1.82, 2.24) is 19.7 Å². The number of nitrogens with zero attached hydrogens (tertiary/aromatic N) is 3. The van der Waals surface area contributed by atoms with E-state index in [-0.39, 0.29) is 12.1 Å². The third kappa shape index (κ3) is 3.49. The van der Waals surface area contributed by atoms with Gasteiger partial charge in [0.15, 0.2) is 0 Å². The van der Waals surface area contributed by atoms with Crippen LogP contribution in [-0.2, 0) is 18.2 Å². The van der Waals surface area contributed by atoms with E-state index in [2.05, 4.69) is 16.0 Å². The number of likely N-dealkylation sites (tertiary alicyclic amines) is 1. The summed E-state index contributed by atoms with van der Waals surface area (Å²) >= 11 is 0. The van der Waals surface area contributed by atoms with Gasteiger partial charge in [-0.15, -0.1) is 0 Å². The maximum Gasteiger partial charge on any atom is 0.410 e. The predicted molar refractivity (Wildman–Crippen MR) is 89.8 cm³/mol. The first-order valence-corrected chi connectivity index (χ1v) is 8.56. The largest absolute Gasteiger partial charge is 0.441 e. The lowest BCUT2D eigenvalue weighted by Crippen LogP contribution is -2.42. The van der Waals surface area contributed by atoms with E-state index in [0.29, 0.717) is 32.6 Å². The fraction of sp³-hybridized carbons (Fsp3) is 0.647. The molecule has 0 aliphatic carbocycles. The second-order valence-electron chi connectivity index (χ2n) is 6.84. The van der Waals surface area contributed by atoms with Crippen molar-refractivity contribution in [3.05, 3.63) is 24.0 Å². The summed E-state index contributed by atoms with van der Waals surface area (Å²) in [6, 6.07) is 4.04. The number of rotatable bonds is 3. The fourth-order valence-corrected chi connectivity index (χ4v) is 3.59. The van der Waals surface area contributed by atoms with E-state index in [1.807, 2.05) is 24.2 Å². The SMILES string of the molecule is CN1C[C@@]2(CCCN(C(=O)NCCc3cccn3C)CC2)OC1=O. The summed E-state index contributed by atoms with van der Waals surface area (Å²) < 4.78 is 7.64. The number of amides is 3. The second-order valence-corrected chi connectivity index (χ2v) is 6.84. The molecule has 3 heterocycles. The minimum atomic E-state index is -0.413. The molecule has 2 fully saturated rings. The van der Waals surface area contributed by atoms with E-state index in [4.69, 9.17) is 4.74 Å². The van der Waals surface area contributed by atoms with Crippen LogP contribution < -0.4 is 5.32 Å². The summed E-state index contributed by atoms with van der Waals surface area (Å²) in [6.45, 7) is 2.57. The Hall–Kier alpha value is -2.18. The first kappa shape index (κ1) is 16.7. The zero-order chi connectivity index (χ0) is 17.2.